The second kappa shape index (κ2) is 12.4. The summed E-state index contributed by atoms with van der Waals surface area (Å²) in [5.41, 5.74) is 3.19. The molecule has 38 heavy (non-hydrogen) atoms. The first-order chi connectivity index (χ1) is 17.8. The number of ether oxygens (including phenoxy) is 3. The molecule has 1 N–H and O–H groups in total. The van der Waals surface area contributed by atoms with E-state index in [1.165, 1.54) is 0 Å². The van der Waals surface area contributed by atoms with Crippen molar-refractivity contribution in [2.24, 2.45) is 5.41 Å². The highest BCUT2D eigenvalue weighted by molar-refractivity contribution is 5.85. The SMILES string of the molecule is Cc1ncc(-c2ccc(OCCCOC(C)C)cn2)c(N2CCC(C)(C)CC2)c1[C@H](OC(C)(C)C)C(=O)O. The average Bonchev–Trinajstić information content (AvgIpc) is 2.82. The van der Waals surface area contributed by atoms with E-state index >= 15 is 0 Å². The quantitative estimate of drug-likeness (QED) is 0.345. The van der Waals surface area contributed by atoms with Gasteiger partial charge < -0.3 is 24.2 Å². The van der Waals surface area contributed by atoms with Crippen LogP contribution in [0, 0.1) is 12.3 Å². The molecule has 0 radical (unpaired) electrons. The first kappa shape index (κ1) is 29.8. The Kier molecular flexibility index (Phi) is 9.76. The van der Waals surface area contributed by atoms with Gasteiger partial charge in [0.2, 0.25) is 0 Å². The molecule has 8 heteroatoms. The van der Waals surface area contributed by atoms with Gasteiger partial charge in [0.25, 0.3) is 0 Å². The number of piperidine rings is 1. The number of carboxylic acid groups (broad SMARTS) is 1. The molecule has 0 amide bonds. The Balaban J connectivity index is 1.98. The summed E-state index contributed by atoms with van der Waals surface area (Å²) in [5, 5.41) is 10.3. The number of rotatable bonds is 11. The van der Waals surface area contributed by atoms with Gasteiger partial charge in [-0.3, -0.25) is 9.97 Å². The summed E-state index contributed by atoms with van der Waals surface area (Å²) in [6, 6.07) is 3.81. The predicted molar refractivity (Wildman–Crippen MR) is 150 cm³/mol. The number of nitrogens with zero attached hydrogens (tertiary/aromatic N) is 3. The molecule has 0 spiro atoms. The fraction of sp³-hybridized carbons (Fsp3) is 0.633. The van der Waals surface area contributed by atoms with Gasteiger partial charge in [0.15, 0.2) is 6.10 Å². The van der Waals surface area contributed by atoms with Crippen molar-refractivity contribution in [3.8, 4) is 17.0 Å². The molecule has 8 nitrogen and oxygen atoms in total. The second-order valence-corrected chi connectivity index (χ2v) is 12.1. The lowest BCUT2D eigenvalue weighted by atomic mass is 9.82. The molecule has 1 aliphatic heterocycles. The zero-order valence-corrected chi connectivity index (χ0v) is 24.3. The molecule has 3 rings (SSSR count). The van der Waals surface area contributed by atoms with Gasteiger partial charge in [-0.15, -0.1) is 0 Å². The lowest BCUT2D eigenvalue weighted by Gasteiger charge is -2.40. The van der Waals surface area contributed by atoms with Crippen molar-refractivity contribution in [1.82, 2.24) is 9.97 Å². The maximum absolute atomic E-state index is 12.5. The second-order valence-electron chi connectivity index (χ2n) is 12.1. The van der Waals surface area contributed by atoms with Gasteiger partial charge in [-0.2, -0.15) is 0 Å². The Hall–Kier alpha value is -2.71. The summed E-state index contributed by atoms with van der Waals surface area (Å²) in [6.45, 7) is 18.9. The highest BCUT2D eigenvalue weighted by Crippen LogP contribution is 2.43. The number of hydrogen-bond acceptors (Lipinski definition) is 7. The fourth-order valence-electron chi connectivity index (χ4n) is 4.57. The summed E-state index contributed by atoms with van der Waals surface area (Å²) >= 11 is 0. The zero-order chi connectivity index (χ0) is 28.1. The third-order valence-electron chi connectivity index (χ3n) is 6.70. The van der Waals surface area contributed by atoms with Gasteiger partial charge in [-0.05, 0) is 71.9 Å². The summed E-state index contributed by atoms with van der Waals surface area (Å²) in [6.07, 6.45) is 5.38. The van der Waals surface area contributed by atoms with E-state index in [9.17, 15) is 9.90 Å². The molecule has 1 fully saturated rings. The van der Waals surface area contributed by atoms with Crippen molar-refractivity contribution in [1.29, 1.82) is 0 Å². The Morgan fingerprint density at radius 2 is 1.79 bits per heavy atom. The van der Waals surface area contributed by atoms with E-state index in [4.69, 9.17) is 19.2 Å². The van der Waals surface area contributed by atoms with E-state index < -0.39 is 17.7 Å². The van der Waals surface area contributed by atoms with Gasteiger partial charge >= 0.3 is 5.97 Å². The molecular weight excluding hydrogens is 482 g/mol. The van der Waals surface area contributed by atoms with Gasteiger partial charge in [-0.1, -0.05) is 13.8 Å². The molecule has 3 heterocycles. The van der Waals surface area contributed by atoms with Crippen molar-refractivity contribution < 1.29 is 24.1 Å². The van der Waals surface area contributed by atoms with Crippen LogP contribution in [0.4, 0.5) is 5.69 Å². The highest BCUT2D eigenvalue weighted by Gasteiger charge is 2.36. The molecule has 0 bridgehead atoms. The van der Waals surface area contributed by atoms with Gasteiger partial charge in [-0.25, -0.2) is 4.79 Å². The number of aryl methyl sites for hydroxylation is 1. The smallest absolute Gasteiger partial charge is 0.337 e. The minimum Gasteiger partial charge on any atom is -0.492 e. The number of carbonyl (C=O) groups is 1. The van der Waals surface area contributed by atoms with E-state index in [2.05, 4.69) is 23.7 Å². The van der Waals surface area contributed by atoms with Crippen LogP contribution in [0.5, 0.6) is 5.75 Å². The lowest BCUT2D eigenvalue weighted by Crippen LogP contribution is -2.39. The largest absolute Gasteiger partial charge is 0.492 e. The van der Waals surface area contributed by atoms with E-state index in [0.29, 0.717) is 35.9 Å². The van der Waals surface area contributed by atoms with Crippen LogP contribution in [-0.2, 0) is 14.3 Å². The standard InChI is InChI=1S/C30H45N3O5/c1-20(2)36-16-9-17-37-22-10-11-24(32-18-22)23-19-31-21(3)25(27(28(34)35)38-29(4,5)6)26(23)33-14-12-30(7,8)13-15-33/h10-11,18-20,27H,9,12-17H2,1-8H3,(H,34,35)/t27-/m0/s1. The van der Waals surface area contributed by atoms with Crippen LogP contribution in [0.2, 0.25) is 0 Å². The number of aliphatic carboxylic acids is 1. The molecule has 0 unspecified atom stereocenters. The number of anilines is 1. The summed E-state index contributed by atoms with van der Waals surface area (Å²) in [4.78, 5) is 24.1. The van der Waals surface area contributed by atoms with Gasteiger partial charge in [0, 0.05) is 42.5 Å². The molecule has 0 aliphatic carbocycles. The van der Waals surface area contributed by atoms with Crippen LogP contribution >= 0.6 is 0 Å². The molecule has 2 aromatic rings. The monoisotopic (exact) mass is 527 g/mol. The van der Waals surface area contributed by atoms with Crippen molar-refractivity contribution in [2.75, 3.05) is 31.2 Å². The molecule has 1 atom stereocenters. The predicted octanol–water partition coefficient (Wildman–Crippen LogP) is 6.21. The summed E-state index contributed by atoms with van der Waals surface area (Å²) < 4.78 is 17.5. The molecule has 2 aromatic heterocycles. The number of carboxylic acids is 1. The first-order valence-electron chi connectivity index (χ1n) is 13.6. The Labute approximate surface area is 227 Å². The van der Waals surface area contributed by atoms with Crippen molar-refractivity contribution in [3.05, 3.63) is 35.8 Å². The van der Waals surface area contributed by atoms with E-state index in [0.717, 1.165) is 43.6 Å². The number of aromatic nitrogens is 2. The van der Waals surface area contributed by atoms with Crippen LogP contribution in [0.15, 0.2) is 24.5 Å². The fourth-order valence-corrected chi connectivity index (χ4v) is 4.57. The van der Waals surface area contributed by atoms with Gasteiger partial charge in [0.05, 0.1) is 42.5 Å². The lowest BCUT2D eigenvalue weighted by molar-refractivity contribution is -0.160. The normalized spacial score (nSPS) is 16.5. The van der Waals surface area contributed by atoms with Crippen molar-refractivity contribution >= 4 is 11.7 Å². The maximum atomic E-state index is 12.5. The van der Waals surface area contributed by atoms with Crippen LogP contribution < -0.4 is 9.64 Å². The van der Waals surface area contributed by atoms with E-state index in [-0.39, 0.29) is 11.5 Å². The molecular formula is C30H45N3O5. The number of hydrogen-bond donors (Lipinski definition) is 1. The van der Waals surface area contributed by atoms with Crippen LogP contribution in [-0.4, -0.2) is 59.1 Å². The van der Waals surface area contributed by atoms with Crippen LogP contribution in [0.3, 0.4) is 0 Å². The molecule has 210 valence electrons. The van der Waals surface area contributed by atoms with Crippen LogP contribution in [0.25, 0.3) is 11.3 Å². The molecule has 1 aliphatic rings. The summed E-state index contributed by atoms with van der Waals surface area (Å²) in [5.74, 6) is -0.349. The van der Waals surface area contributed by atoms with Crippen molar-refractivity contribution in [3.63, 3.8) is 0 Å². The Morgan fingerprint density at radius 1 is 1.11 bits per heavy atom. The maximum Gasteiger partial charge on any atom is 0.337 e. The molecule has 1 saturated heterocycles. The van der Waals surface area contributed by atoms with Crippen molar-refractivity contribution in [2.45, 2.75) is 92.5 Å². The van der Waals surface area contributed by atoms with E-state index in [1.807, 2.05) is 53.7 Å². The molecule has 0 aromatic carbocycles. The third-order valence-corrected chi connectivity index (χ3v) is 6.70. The summed E-state index contributed by atoms with van der Waals surface area (Å²) in [7, 11) is 0. The first-order valence-corrected chi connectivity index (χ1v) is 13.6. The average molecular weight is 528 g/mol. The van der Waals surface area contributed by atoms with Crippen LogP contribution in [0.1, 0.15) is 85.1 Å². The highest BCUT2D eigenvalue weighted by atomic mass is 16.5. The van der Waals surface area contributed by atoms with E-state index in [1.54, 1.807) is 12.4 Å². The minimum absolute atomic E-state index is 0.207. The zero-order valence-electron chi connectivity index (χ0n) is 24.3. The minimum atomic E-state index is -1.15. The molecule has 0 saturated carbocycles. The topological polar surface area (TPSA) is 94.0 Å². The third kappa shape index (κ3) is 8.14. The number of pyridine rings is 2. The Morgan fingerprint density at radius 3 is 2.34 bits per heavy atom. The Bertz CT molecular complexity index is 1070. The van der Waals surface area contributed by atoms with Gasteiger partial charge in [0.1, 0.15) is 5.75 Å².